The monoisotopic (exact) mass is 280 g/mol. The molecule has 2 nitrogen and oxygen atoms in total. The van der Waals surface area contributed by atoms with Crippen molar-refractivity contribution in [1.82, 2.24) is 10.2 Å². The summed E-state index contributed by atoms with van der Waals surface area (Å²) in [6.45, 7) is 5.25. The summed E-state index contributed by atoms with van der Waals surface area (Å²) < 4.78 is 0. The van der Waals surface area contributed by atoms with Crippen LogP contribution in [0.4, 0.5) is 0 Å². The number of hydrogen-bond acceptors (Lipinski definition) is 2. The molecule has 1 saturated carbocycles. The first-order chi connectivity index (χ1) is 7.38. The molecule has 0 unspecified atom stereocenters. The van der Waals surface area contributed by atoms with E-state index in [4.69, 9.17) is 0 Å². The SMILES string of the molecule is C1CCC2(C1)CCN([C@H]1CCNC1)CC2.Cl.Cl. The van der Waals surface area contributed by atoms with E-state index in [1.807, 2.05) is 0 Å². The van der Waals surface area contributed by atoms with Crippen LogP contribution in [-0.4, -0.2) is 37.1 Å². The number of hydrogen-bond donors (Lipinski definition) is 1. The zero-order chi connectivity index (χ0) is 10.1. The molecule has 102 valence electrons. The fourth-order valence-corrected chi connectivity index (χ4v) is 3.94. The minimum absolute atomic E-state index is 0. The summed E-state index contributed by atoms with van der Waals surface area (Å²) in [5, 5.41) is 3.49. The predicted molar refractivity (Wildman–Crippen MR) is 77.5 cm³/mol. The van der Waals surface area contributed by atoms with Gasteiger partial charge in [-0.25, -0.2) is 0 Å². The number of piperidine rings is 1. The second-order valence-corrected chi connectivity index (χ2v) is 5.89. The second-order valence-electron chi connectivity index (χ2n) is 5.89. The van der Waals surface area contributed by atoms with Crippen molar-refractivity contribution >= 4 is 24.8 Å². The fourth-order valence-electron chi connectivity index (χ4n) is 3.94. The molecule has 1 atom stereocenters. The van der Waals surface area contributed by atoms with Crippen molar-refractivity contribution in [3.05, 3.63) is 0 Å². The third kappa shape index (κ3) is 3.28. The van der Waals surface area contributed by atoms with Gasteiger partial charge in [0.1, 0.15) is 0 Å². The average molecular weight is 281 g/mol. The van der Waals surface area contributed by atoms with Crippen molar-refractivity contribution in [3.8, 4) is 0 Å². The lowest BCUT2D eigenvalue weighted by molar-refractivity contribution is 0.0818. The molecule has 2 heterocycles. The van der Waals surface area contributed by atoms with Crippen LogP contribution in [0.25, 0.3) is 0 Å². The predicted octanol–water partition coefficient (Wildman–Crippen LogP) is 2.85. The Kier molecular flexibility index (Phi) is 6.04. The van der Waals surface area contributed by atoms with E-state index in [1.54, 1.807) is 0 Å². The summed E-state index contributed by atoms with van der Waals surface area (Å²) in [4.78, 5) is 2.75. The lowest BCUT2D eigenvalue weighted by atomic mass is 9.77. The topological polar surface area (TPSA) is 15.3 Å². The van der Waals surface area contributed by atoms with Crippen LogP contribution in [0.2, 0.25) is 0 Å². The van der Waals surface area contributed by atoms with Gasteiger partial charge in [0.2, 0.25) is 0 Å². The van der Waals surface area contributed by atoms with Gasteiger partial charge < -0.3 is 5.32 Å². The quantitative estimate of drug-likeness (QED) is 0.795. The Bertz CT molecular complexity index is 213. The van der Waals surface area contributed by atoms with Gasteiger partial charge in [0.25, 0.3) is 0 Å². The first-order valence-corrected chi connectivity index (χ1v) is 6.83. The highest BCUT2D eigenvalue weighted by Crippen LogP contribution is 2.46. The Morgan fingerprint density at radius 2 is 1.59 bits per heavy atom. The molecule has 0 aromatic carbocycles. The molecular formula is C13H26Cl2N2. The molecule has 0 radical (unpaired) electrons. The van der Waals surface area contributed by atoms with Crippen LogP contribution in [-0.2, 0) is 0 Å². The van der Waals surface area contributed by atoms with E-state index in [-0.39, 0.29) is 24.8 Å². The van der Waals surface area contributed by atoms with Gasteiger partial charge in [-0.2, -0.15) is 0 Å². The number of halogens is 2. The van der Waals surface area contributed by atoms with Gasteiger partial charge in [-0.1, -0.05) is 12.8 Å². The molecule has 2 aliphatic heterocycles. The number of likely N-dealkylation sites (tertiary alicyclic amines) is 1. The molecule has 0 aromatic heterocycles. The molecule has 0 amide bonds. The number of nitrogens with zero attached hydrogens (tertiary/aromatic N) is 1. The van der Waals surface area contributed by atoms with Crippen LogP contribution in [0, 0.1) is 5.41 Å². The zero-order valence-corrected chi connectivity index (χ0v) is 12.3. The molecule has 1 spiro atoms. The minimum Gasteiger partial charge on any atom is -0.315 e. The Morgan fingerprint density at radius 3 is 2.12 bits per heavy atom. The molecule has 0 bridgehead atoms. The molecule has 17 heavy (non-hydrogen) atoms. The maximum absolute atomic E-state index is 3.49. The van der Waals surface area contributed by atoms with Gasteiger partial charge in [0, 0.05) is 12.6 Å². The molecular weight excluding hydrogens is 255 g/mol. The van der Waals surface area contributed by atoms with Gasteiger partial charge >= 0.3 is 0 Å². The third-order valence-corrected chi connectivity index (χ3v) is 5.07. The Hall–Kier alpha value is 0.500. The van der Waals surface area contributed by atoms with Gasteiger partial charge in [0.15, 0.2) is 0 Å². The van der Waals surface area contributed by atoms with Crippen LogP contribution in [0.3, 0.4) is 0 Å². The van der Waals surface area contributed by atoms with Gasteiger partial charge in [-0.15, -0.1) is 24.8 Å². The Labute approximate surface area is 118 Å². The molecule has 1 aliphatic carbocycles. The number of nitrogens with one attached hydrogen (secondary N) is 1. The highest BCUT2D eigenvalue weighted by molar-refractivity contribution is 5.85. The van der Waals surface area contributed by atoms with E-state index in [1.165, 1.54) is 71.1 Å². The lowest BCUT2D eigenvalue weighted by Gasteiger charge is -2.41. The van der Waals surface area contributed by atoms with Crippen molar-refractivity contribution < 1.29 is 0 Å². The summed E-state index contributed by atoms with van der Waals surface area (Å²) in [6, 6.07) is 0.865. The maximum atomic E-state index is 3.49. The Balaban J connectivity index is 0.000000722. The first-order valence-electron chi connectivity index (χ1n) is 6.83. The molecule has 2 saturated heterocycles. The van der Waals surface area contributed by atoms with E-state index in [9.17, 15) is 0 Å². The van der Waals surface area contributed by atoms with Crippen LogP contribution < -0.4 is 5.32 Å². The van der Waals surface area contributed by atoms with Gasteiger partial charge in [0.05, 0.1) is 0 Å². The van der Waals surface area contributed by atoms with Crippen molar-refractivity contribution in [2.75, 3.05) is 26.2 Å². The largest absolute Gasteiger partial charge is 0.315 e. The van der Waals surface area contributed by atoms with Crippen molar-refractivity contribution in [1.29, 1.82) is 0 Å². The molecule has 0 aromatic rings. The minimum atomic E-state index is 0. The summed E-state index contributed by atoms with van der Waals surface area (Å²) in [7, 11) is 0. The Morgan fingerprint density at radius 1 is 0.941 bits per heavy atom. The highest BCUT2D eigenvalue weighted by Gasteiger charge is 2.38. The van der Waals surface area contributed by atoms with E-state index in [0.717, 1.165) is 11.5 Å². The molecule has 4 heteroatoms. The summed E-state index contributed by atoms with van der Waals surface area (Å²) in [5.41, 5.74) is 0.794. The fraction of sp³-hybridized carbons (Fsp3) is 1.00. The van der Waals surface area contributed by atoms with Crippen LogP contribution in [0.15, 0.2) is 0 Å². The van der Waals surface area contributed by atoms with Crippen molar-refractivity contribution in [3.63, 3.8) is 0 Å². The van der Waals surface area contributed by atoms with E-state index >= 15 is 0 Å². The van der Waals surface area contributed by atoms with E-state index in [0.29, 0.717) is 0 Å². The van der Waals surface area contributed by atoms with Gasteiger partial charge in [-0.3, -0.25) is 4.90 Å². The van der Waals surface area contributed by atoms with Crippen molar-refractivity contribution in [2.45, 2.75) is 51.0 Å². The summed E-state index contributed by atoms with van der Waals surface area (Å²) in [5.74, 6) is 0. The molecule has 3 fully saturated rings. The first kappa shape index (κ1) is 15.6. The summed E-state index contributed by atoms with van der Waals surface area (Å²) in [6.07, 6.45) is 10.4. The second kappa shape index (κ2) is 6.60. The van der Waals surface area contributed by atoms with Crippen LogP contribution >= 0.6 is 24.8 Å². The smallest absolute Gasteiger partial charge is 0.0232 e. The molecule has 1 N–H and O–H groups in total. The van der Waals surface area contributed by atoms with E-state index < -0.39 is 0 Å². The standard InChI is InChI=1S/C13H24N2.2ClH/c1-2-5-13(4-1)6-9-15(10-7-13)12-3-8-14-11-12;;/h12,14H,1-11H2;2*1H/t12-;;/m0../s1. The van der Waals surface area contributed by atoms with Crippen LogP contribution in [0.1, 0.15) is 44.9 Å². The summed E-state index contributed by atoms with van der Waals surface area (Å²) >= 11 is 0. The third-order valence-electron chi connectivity index (χ3n) is 5.07. The normalized spacial score (nSPS) is 32.1. The van der Waals surface area contributed by atoms with Crippen LogP contribution in [0.5, 0.6) is 0 Å². The van der Waals surface area contributed by atoms with Gasteiger partial charge in [-0.05, 0) is 57.2 Å². The number of rotatable bonds is 1. The molecule has 3 rings (SSSR count). The molecule has 3 aliphatic rings. The lowest BCUT2D eigenvalue weighted by Crippen LogP contribution is -2.45. The zero-order valence-electron chi connectivity index (χ0n) is 10.6. The average Bonchev–Trinajstić information content (AvgIpc) is 2.91. The highest BCUT2D eigenvalue weighted by atomic mass is 35.5. The maximum Gasteiger partial charge on any atom is 0.0232 e. The van der Waals surface area contributed by atoms with E-state index in [2.05, 4.69) is 10.2 Å². The van der Waals surface area contributed by atoms with Crippen molar-refractivity contribution in [2.24, 2.45) is 5.41 Å².